The largest absolute Gasteiger partial charge is 0.493 e. The first-order chi connectivity index (χ1) is 16.0. The second-order valence-electron chi connectivity index (χ2n) is 7.30. The highest BCUT2D eigenvalue weighted by Crippen LogP contribution is 2.32. The van der Waals surface area contributed by atoms with Gasteiger partial charge in [-0.15, -0.1) is 0 Å². The SMILES string of the molecule is CCOC(=O)C1=C(C)N=c2s/c(=C/c3cccc(OC)c3OC)c(=O)n2C1c1ccccc1. The topological polar surface area (TPSA) is 79.1 Å². The van der Waals surface area contributed by atoms with E-state index in [0.717, 1.165) is 5.56 Å². The van der Waals surface area contributed by atoms with E-state index >= 15 is 0 Å². The predicted octanol–water partition coefficient (Wildman–Crippen LogP) is 2.82. The summed E-state index contributed by atoms with van der Waals surface area (Å²) in [5.74, 6) is 0.631. The normalized spacial score (nSPS) is 15.6. The zero-order chi connectivity index (χ0) is 23.5. The number of para-hydroxylation sites is 1. The maximum absolute atomic E-state index is 13.6. The molecule has 0 N–H and O–H groups in total. The zero-order valence-corrected chi connectivity index (χ0v) is 19.6. The summed E-state index contributed by atoms with van der Waals surface area (Å²) in [6, 6.07) is 14.3. The molecule has 0 fully saturated rings. The van der Waals surface area contributed by atoms with Crippen molar-refractivity contribution >= 4 is 23.4 Å². The highest BCUT2D eigenvalue weighted by atomic mass is 32.1. The monoisotopic (exact) mass is 464 g/mol. The second-order valence-corrected chi connectivity index (χ2v) is 8.30. The van der Waals surface area contributed by atoms with E-state index in [-0.39, 0.29) is 12.2 Å². The van der Waals surface area contributed by atoms with Gasteiger partial charge >= 0.3 is 5.97 Å². The molecule has 0 spiro atoms. The summed E-state index contributed by atoms with van der Waals surface area (Å²) in [5.41, 5.74) is 2.17. The number of benzene rings is 2. The smallest absolute Gasteiger partial charge is 0.338 e. The molecular weight excluding hydrogens is 440 g/mol. The van der Waals surface area contributed by atoms with Crippen molar-refractivity contribution < 1.29 is 19.0 Å². The van der Waals surface area contributed by atoms with Crippen LogP contribution in [-0.4, -0.2) is 31.4 Å². The number of carbonyl (C=O) groups excluding carboxylic acids is 1. The van der Waals surface area contributed by atoms with E-state index in [0.29, 0.717) is 37.7 Å². The van der Waals surface area contributed by atoms with E-state index < -0.39 is 12.0 Å². The van der Waals surface area contributed by atoms with Gasteiger partial charge < -0.3 is 14.2 Å². The Morgan fingerprint density at radius 2 is 1.88 bits per heavy atom. The van der Waals surface area contributed by atoms with Gasteiger partial charge in [-0.2, -0.15) is 0 Å². The Hall–Kier alpha value is -3.65. The first-order valence-corrected chi connectivity index (χ1v) is 11.3. The van der Waals surface area contributed by atoms with Crippen LogP contribution in [0.3, 0.4) is 0 Å². The molecule has 33 heavy (non-hydrogen) atoms. The van der Waals surface area contributed by atoms with Gasteiger partial charge in [-0.05, 0) is 31.6 Å². The van der Waals surface area contributed by atoms with Gasteiger partial charge in [-0.3, -0.25) is 9.36 Å². The van der Waals surface area contributed by atoms with E-state index in [2.05, 4.69) is 4.99 Å². The molecule has 0 aliphatic carbocycles. The minimum absolute atomic E-state index is 0.233. The lowest BCUT2D eigenvalue weighted by Gasteiger charge is -2.24. The fourth-order valence-electron chi connectivity index (χ4n) is 3.91. The van der Waals surface area contributed by atoms with Crippen LogP contribution in [0.25, 0.3) is 6.08 Å². The molecule has 1 unspecified atom stereocenters. The van der Waals surface area contributed by atoms with Crippen LogP contribution in [0.4, 0.5) is 0 Å². The number of fused-ring (bicyclic) bond motifs is 1. The van der Waals surface area contributed by atoms with Crippen LogP contribution in [0.15, 0.2) is 69.6 Å². The number of carbonyl (C=O) groups is 1. The number of hydrogen-bond acceptors (Lipinski definition) is 7. The lowest BCUT2D eigenvalue weighted by atomic mass is 9.96. The van der Waals surface area contributed by atoms with Gasteiger partial charge in [-0.1, -0.05) is 53.8 Å². The number of methoxy groups -OCH3 is 2. The highest BCUT2D eigenvalue weighted by molar-refractivity contribution is 7.07. The molecule has 1 aliphatic heterocycles. The summed E-state index contributed by atoms with van der Waals surface area (Å²) >= 11 is 1.26. The van der Waals surface area contributed by atoms with Crippen molar-refractivity contribution in [1.82, 2.24) is 4.57 Å². The zero-order valence-electron chi connectivity index (χ0n) is 18.8. The maximum atomic E-state index is 13.6. The standard InChI is InChI=1S/C25H24N2O5S/c1-5-32-24(29)20-15(2)26-25-27(21(20)16-10-7-6-8-11-16)23(28)19(33-25)14-17-12-9-13-18(30-3)22(17)31-4/h6-14,21H,5H2,1-4H3/b19-14+. The van der Waals surface area contributed by atoms with Crippen molar-refractivity contribution in [2.75, 3.05) is 20.8 Å². The number of nitrogens with zero attached hydrogens (tertiary/aromatic N) is 2. The molecule has 0 saturated heterocycles. The maximum Gasteiger partial charge on any atom is 0.338 e. The molecule has 7 nitrogen and oxygen atoms in total. The molecule has 0 radical (unpaired) electrons. The quantitative estimate of drug-likeness (QED) is 0.524. The number of esters is 1. The van der Waals surface area contributed by atoms with Crippen LogP contribution in [-0.2, 0) is 9.53 Å². The van der Waals surface area contributed by atoms with Gasteiger partial charge in [0.05, 0.1) is 42.7 Å². The number of rotatable bonds is 6. The van der Waals surface area contributed by atoms with Crippen molar-refractivity contribution in [3.05, 3.63) is 90.6 Å². The summed E-state index contributed by atoms with van der Waals surface area (Å²) in [6.45, 7) is 3.75. The third kappa shape index (κ3) is 4.09. The van der Waals surface area contributed by atoms with Gasteiger partial charge in [0.25, 0.3) is 5.56 Å². The van der Waals surface area contributed by atoms with Gasteiger partial charge in [0.15, 0.2) is 16.3 Å². The van der Waals surface area contributed by atoms with Crippen LogP contribution in [0, 0.1) is 0 Å². The molecule has 0 amide bonds. The molecule has 2 heterocycles. The molecule has 170 valence electrons. The van der Waals surface area contributed by atoms with E-state index in [9.17, 15) is 9.59 Å². The Morgan fingerprint density at radius 3 is 2.55 bits per heavy atom. The van der Waals surface area contributed by atoms with E-state index in [4.69, 9.17) is 14.2 Å². The number of allylic oxidation sites excluding steroid dienone is 1. The minimum atomic E-state index is -0.629. The Labute approximate surface area is 194 Å². The summed E-state index contributed by atoms with van der Waals surface area (Å²) < 4.78 is 18.2. The van der Waals surface area contributed by atoms with Crippen LogP contribution < -0.4 is 24.4 Å². The fourth-order valence-corrected chi connectivity index (χ4v) is 4.95. The summed E-state index contributed by atoms with van der Waals surface area (Å²) in [7, 11) is 3.12. The molecule has 1 aliphatic rings. The Balaban J connectivity index is 1.96. The van der Waals surface area contributed by atoms with Crippen molar-refractivity contribution in [3.63, 3.8) is 0 Å². The van der Waals surface area contributed by atoms with Crippen LogP contribution in [0.2, 0.25) is 0 Å². The lowest BCUT2D eigenvalue weighted by Crippen LogP contribution is -2.39. The minimum Gasteiger partial charge on any atom is -0.493 e. The van der Waals surface area contributed by atoms with Crippen molar-refractivity contribution in [2.45, 2.75) is 19.9 Å². The fraction of sp³-hybridized carbons (Fsp3) is 0.240. The van der Waals surface area contributed by atoms with Crippen molar-refractivity contribution in [2.24, 2.45) is 4.99 Å². The Morgan fingerprint density at radius 1 is 1.12 bits per heavy atom. The number of hydrogen-bond donors (Lipinski definition) is 0. The number of ether oxygens (including phenoxy) is 3. The molecule has 0 bridgehead atoms. The molecule has 1 aromatic heterocycles. The van der Waals surface area contributed by atoms with E-state index in [1.54, 1.807) is 44.8 Å². The van der Waals surface area contributed by atoms with Gasteiger partial charge in [-0.25, -0.2) is 9.79 Å². The Bertz CT molecular complexity index is 1400. The highest BCUT2D eigenvalue weighted by Gasteiger charge is 2.33. The van der Waals surface area contributed by atoms with E-state index in [1.807, 2.05) is 42.5 Å². The van der Waals surface area contributed by atoms with Gasteiger partial charge in [0, 0.05) is 5.56 Å². The number of thiazole rings is 1. The number of aromatic nitrogens is 1. The average molecular weight is 465 g/mol. The van der Waals surface area contributed by atoms with Crippen LogP contribution in [0.1, 0.15) is 31.0 Å². The molecule has 8 heteroatoms. The van der Waals surface area contributed by atoms with Gasteiger partial charge in [0.2, 0.25) is 0 Å². The summed E-state index contributed by atoms with van der Waals surface area (Å²) in [4.78, 5) is 31.6. The Kier molecular flexibility index (Phi) is 6.46. The molecule has 1 atom stereocenters. The average Bonchev–Trinajstić information content (AvgIpc) is 3.13. The third-order valence-electron chi connectivity index (χ3n) is 5.35. The summed E-state index contributed by atoms with van der Waals surface area (Å²) in [6.07, 6.45) is 1.76. The van der Waals surface area contributed by atoms with E-state index in [1.165, 1.54) is 11.3 Å². The first-order valence-electron chi connectivity index (χ1n) is 10.5. The van der Waals surface area contributed by atoms with Crippen LogP contribution in [0.5, 0.6) is 11.5 Å². The van der Waals surface area contributed by atoms with Crippen molar-refractivity contribution in [1.29, 1.82) is 0 Å². The molecule has 2 aromatic carbocycles. The summed E-state index contributed by atoms with van der Waals surface area (Å²) in [5, 5.41) is 0. The van der Waals surface area contributed by atoms with Crippen LogP contribution >= 0.6 is 11.3 Å². The lowest BCUT2D eigenvalue weighted by molar-refractivity contribution is -0.139. The van der Waals surface area contributed by atoms with Gasteiger partial charge in [0.1, 0.15) is 0 Å². The third-order valence-corrected chi connectivity index (χ3v) is 6.34. The molecule has 0 saturated carbocycles. The predicted molar refractivity (Wildman–Crippen MR) is 126 cm³/mol. The molecule has 3 aromatic rings. The second kappa shape index (κ2) is 9.46. The molecular formula is C25H24N2O5S. The van der Waals surface area contributed by atoms with Crippen molar-refractivity contribution in [3.8, 4) is 11.5 Å². The first kappa shape index (κ1) is 22.5. The molecule has 4 rings (SSSR count).